The third kappa shape index (κ3) is 2.92. The van der Waals surface area contributed by atoms with Crippen molar-refractivity contribution in [3.05, 3.63) is 61.6 Å². The molecule has 0 atom stereocenters. The molecule has 0 radical (unpaired) electrons. The van der Waals surface area contributed by atoms with Crippen LogP contribution in [0.1, 0.15) is 5.56 Å². The summed E-state index contributed by atoms with van der Waals surface area (Å²) in [6.45, 7) is -0.290. The first-order valence-electron chi connectivity index (χ1n) is 5.53. The maximum atomic E-state index is 10.9. The minimum absolute atomic E-state index is 0.102. The second-order valence-electron chi connectivity index (χ2n) is 3.82. The smallest absolute Gasteiger partial charge is 0.287 e. The maximum absolute atomic E-state index is 10.9. The monoisotopic (exact) mass is 357 g/mol. The minimum atomic E-state index is -0.512. The number of hydrogen-bond donors (Lipinski definition) is 1. The van der Waals surface area contributed by atoms with Gasteiger partial charge in [0.1, 0.15) is 16.0 Å². The van der Waals surface area contributed by atoms with Crippen LogP contribution in [-0.4, -0.2) is 10.0 Å². The predicted molar refractivity (Wildman–Crippen MR) is 78.2 cm³/mol. The first kappa shape index (κ1) is 14.8. The van der Waals surface area contributed by atoms with Gasteiger partial charge in [-0.3, -0.25) is 10.1 Å². The van der Waals surface area contributed by atoms with Crippen molar-refractivity contribution in [3.8, 4) is 11.5 Å². The Kier molecular flexibility index (Phi) is 4.59. The van der Waals surface area contributed by atoms with Crippen LogP contribution in [-0.2, 0) is 6.61 Å². The summed E-state index contributed by atoms with van der Waals surface area (Å²) in [7, 11) is 0. The number of hydrogen-bond acceptors (Lipinski definition) is 4. The van der Waals surface area contributed by atoms with Crippen molar-refractivity contribution in [3.63, 3.8) is 0 Å². The molecule has 0 aromatic heterocycles. The van der Waals surface area contributed by atoms with Crippen LogP contribution in [0.5, 0.6) is 11.5 Å². The molecule has 0 unspecified atom stereocenters. The lowest BCUT2D eigenvalue weighted by Gasteiger charge is -2.12. The first-order chi connectivity index (χ1) is 9.54. The van der Waals surface area contributed by atoms with Crippen molar-refractivity contribution in [2.75, 3.05) is 0 Å². The summed E-state index contributed by atoms with van der Waals surface area (Å²) in [5.74, 6) is 0.623. The van der Waals surface area contributed by atoms with E-state index in [1.54, 1.807) is 24.3 Å². The highest BCUT2D eigenvalue weighted by molar-refractivity contribution is 9.10. The average molecular weight is 359 g/mol. The summed E-state index contributed by atoms with van der Waals surface area (Å²) in [4.78, 5) is 10.4. The molecule has 0 spiro atoms. The van der Waals surface area contributed by atoms with Crippen LogP contribution in [0, 0.1) is 10.1 Å². The molecule has 0 saturated carbocycles. The molecule has 0 amide bonds. The van der Waals surface area contributed by atoms with Crippen molar-refractivity contribution in [1.82, 2.24) is 0 Å². The molecule has 0 fully saturated rings. The van der Waals surface area contributed by atoms with Crippen LogP contribution in [0.4, 0.5) is 5.69 Å². The van der Waals surface area contributed by atoms with Gasteiger partial charge in [-0.2, -0.15) is 0 Å². The number of nitro benzene ring substituents is 1. The summed E-state index contributed by atoms with van der Waals surface area (Å²) >= 11 is 9.10. The first-order valence-corrected chi connectivity index (χ1v) is 6.70. The number of halogens is 2. The van der Waals surface area contributed by atoms with Crippen molar-refractivity contribution >= 4 is 33.2 Å². The Morgan fingerprint density at radius 1 is 1.25 bits per heavy atom. The third-order valence-corrected chi connectivity index (χ3v) is 3.74. The van der Waals surface area contributed by atoms with Gasteiger partial charge >= 0.3 is 0 Å². The number of nitrogens with zero attached hydrogens (tertiary/aromatic N) is 1. The molecule has 0 bridgehead atoms. The molecule has 20 heavy (non-hydrogen) atoms. The molecule has 2 aromatic rings. The quantitative estimate of drug-likeness (QED) is 0.653. The molecule has 0 heterocycles. The lowest BCUT2D eigenvalue weighted by Crippen LogP contribution is -1.95. The largest absolute Gasteiger partial charge is 0.455 e. The number of nitro groups is 1. The number of benzene rings is 2. The zero-order valence-corrected chi connectivity index (χ0v) is 12.4. The van der Waals surface area contributed by atoms with Gasteiger partial charge in [0.25, 0.3) is 5.69 Å². The zero-order chi connectivity index (χ0) is 14.7. The molecule has 2 aromatic carbocycles. The van der Waals surface area contributed by atoms with Gasteiger partial charge in [-0.15, -0.1) is 0 Å². The fourth-order valence-electron chi connectivity index (χ4n) is 1.63. The summed E-state index contributed by atoms with van der Waals surface area (Å²) in [5, 5.41) is 20.5. The normalized spacial score (nSPS) is 10.3. The van der Waals surface area contributed by atoms with Gasteiger partial charge in [0.15, 0.2) is 0 Å². The predicted octanol–water partition coefficient (Wildman–Crippen LogP) is 4.30. The van der Waals surface area contributed by atoms with E-state index in [1.807, 2.05) is 0 Å². The van der Waals surface area contributed by atoms with Crippen LogP contribution >= 0.6 is 27.5 Å². The van der Waals surface area contributed by atoms with E-state index in [1.165, 1.54) is 12.1 Å². The van der Waals surface area contributed by atoms with Crippen molar-refractivity contribution in [2.45, 2.75) is 6.61 Å². The summed E-state index contributed by atoms with van der Waals surface area (Å²) in [6.07, 6.45) is 0. The zero-order valence-electron chi connectivity index (χ0n) is 10.0. The Hall–Kier alpha value is -1.63. The topological polar surface area (TPSA) is 72.6 Å². The second-order valence-corrected chi connectivity index (χ2v) is 5.02. The van der Waals surface area contributed by atoms with E-state index in [9.17, 15) is 15.2 Å². The van der Waals surface area contributed by atoms with Gasteiger partial charge in [-0.25, -0.2) is 0 Å². The summed E-state index contributed by atoms with van der Waals surface area (Å²) in [5.41, 5.74) is 0.322. The average Bonchev–Trinajstić information content (AvgIpc) is 2.41. The fraction of sp³-hybridized carbons (Fsp3) is 0.0769. The summed E-state index contributed by atoms with van der Waals surface area (Å²) < 4.78 is 5.84. The molecule has 7 heteroatoms. The summed E-state index contributed by atoms with van der Waals surface area (Å²) in [6, 6.07) is 9.38. The van der Waals surface area contributed by atoms with E-state index < -0.39 is 4.92 Å². The Bertz CT molecular complexity index is 663. The number of aliphatic hydroxyl groups is 1. The van der Waals surface area contributed by atoms with Crippen LogP contribution in [0.3, 0.4) is 0 Å². The third-order valence-electron chi connectivity index (χ3n) is 2.59. The van der Waals surface area contributed by atoms with E-state index >= 15 is 0 Å². The Morgan fingerprint density at radius 3 is 2.55 bits per heavy atom. The molecule has 0 aliphatic rings. The standard InChI is InChI=1S/C13H9BrClNO4/c14-13-10(16(18)19)4-2-6-12(13)20-11-5-1-3-9(15)8(11)7-17/h1-6,17H,7H2. The Morgan fingerprint density at radius 2 is 1.90 bits per heavy atom. The molecular weight excluding hydrogens is 350 g/mol. The van der Waals surface area contributed by atoms with E-state index in [0.29, 0.717) is 16.3 Å². The number of aliphatic hydroxyl groups excluding tert-OH is 1. The van der Waals surface area contributed by atoms with E-state index in [2.05, 4.69) is 15.9 Å². The molecule has 5 nitrogen and oxygen atoms in total. The minimum Gasteiger partial charge on any atom is -0.455 e. The lowest BCUT2D eigenvalue weighted by atomic mass is 10.2. The van der Waals surface area contributed by atoms with Gasteiger partial charge in [0.05, 0.1) is 11.5 Å². The van der Waals surface area contributed by atoms with Crippen LogP contribution in [0.2, 0.25) is 5.02 Å². The highest BCUT2D eigenvalue weighted by atomic mass is 79.9. The van der Waals surface area contributed by atoms with Crippen molar-refractivity contribution in [1.29, 1.82) is 0 Å². The Balaban J connectivity index is 2.43. The van der Waals surface area contributed by atoms with E-state index in [0.717, 1.165) is 0 Å². The van der Waals surface area contributed by atoms with Crippen LogP contribution in [0.15, 0.2) is 40.9 Å². The fourth-order valence-corrected chi connectivity index (χ4v) is 2.34. The van der Waals surface area contributed by atoms with Gasteiger partial charge in [-0.1, -0.05) is 23.7 Å². The molecule has 1 N–H and O–H groups in total. The van der Waals surface area contributed by atoms with Gasteiger partial charge in [0, 0.05) is 16.7 Å². The molecular formula is C13H9BrClNO4. The Labute approximate surface area is 128 Å². The van der Waals surface area contributed by atoms with Crippen molar-refractivity contribution in [2.24, 2.45) is 0 Å². The van der Waals surface area contributed by atoms with E-state index in [4.69, 9.17) is 16.3 Å². The molecule has 2 rings (SSSR count). The molecule has 0 aliphatic heterocycles. The van der Waals surface area contributed by atoms with E-state index in [-0.39, 0.29) is 22.5 Å². The molecule has 0 saturated heterocycles. The van der Waals surface area contributed by atoms with Crippen molar-refractivity contribution < 1.29 is 14.8 Å². The number of ether oxygens (including phenoxy) is 1. The SMILES string of the molecule is O=[N+]([O-])c1cccc(Oc2cccc(Cl)c2CO)c1Br. The lowest BCUT2D eigenvalue weighted by molar-refractivity contribution is -0.385. The molecule has 104 valence electrons. The van der Waals surface area contributed by atoms with Gasteiger partial charge in [-0.05, 0) is 34.1 Å². The highest BCUT2D eigenvalue weighted by Gasteiger charge is 2.17. The van der Waals surface area contributed by atoms with Crippen LogP contribution in [0.25, 0.3) is 0 Å². The molecule has 0 aliphatic carbocycles. The number of rotatable bonds is 4. The van der Waals surface area contributed by atoms with Crippen LogP contribution < -0.4 is 4.74 Å². The second kappa shape index (κ2) is 6.21. The van der Waals surface area contributed by atoms with Gasteiger partial charge < -0.3 is 9.84 Å². The maximum Gasteiger partial charge on any atom is 0.287 e. The highest BCUT2D eigenvalue weighted by Crippen LogP contribution is 2.38. The van der Waals surface area contributed by atoms with Gasteiger partial charge in [0.2, 0.25) is 0 Å².